The molecule has 1 aromatic heterocycles. The van der Waals surface area contributed by atoms with Gasteiger partial charge in [0, 0.05) is 37.2 Å². The molecule has 1 aromatic carbocycles. The van der Waals surface area contributed by atoms with Crippen LogP contribution in [0.1, 0.15) is 29.3 Å². The quantitative estimate of drug-likeness (QED) is 0.926. The number of benzene rings is 1. The number of fused-ring (bicyclic) bond motifs is 1. The van der Waals surface area contributed by atoms with Crippen LogP contribution in [0.2, 0.25) is 0 Å². The Labute approximate surface area is 129 Å². The van der Waals surface area contributed by atoms with Crippen LogP contribution >= 0.6 is 0 Å². The molecule has 1 aliphatic rings. The number of nitrogens with zero attached hydrogens (tertiary/aromatic N) is 2. The van der Waals surface area contributed by atoms with Gasteiger partial charge >= 0.3 is 0 Å². The molecule has 112 valence electrons. The summed E-state index contributed by atoms with van der Waals surface area (Å²) in [4.78, 5) is 29.7. The van der Waals surface area contributed by atoms with Crippen LogP contribution in [-0.4, -0.2) is 23.3 Å². The average molecular weight is 295 g/mol. The van der Waals surface area contributed by atoms with E-state index in [9.17, 15) is 9.59 Å². The molecule has 3 rings (SSSR count). The molecule has 1 N–H and O–H groups in total. The highest BCUT2D eigenvalue weighted by atomic mass is 16.2. The molecule has 22 heavy (non-hydrogen) atoms. The summed E-state index contributed by atoms with van der Waals surface area (Å²) in [5, 5.41) is 2.76. The van der Waals surface area contributed by atoms with Crippen molar-refractivity contribution in [3.8, 4) is 0 Å². The van der Waals surface area contributed by atoms with E-state index in [0.717, 1.165) is 24.1 Å². The zero-order valence-electron chi connectivity index (χ0n) is 12.4. The fraction of sp³-hybridized carbons (Fsp3) is 0.235. The number of anilines is 2. The lowest BCUT2D eigenvalue weighted by atomic mass is 10.00. The summed E-state index contributed by atoms with van der Waals surface area (Å²) >= 11 is 0. The number of carbonyl (C=O) groups is 2. The van der Waals surface area contributed by atoms with Crippen LogP contribution in [0.3, 0.4) is 0 Å². The normalized spacial score (nSPS) is 13.4. The first kappa shape index (κ1) is 14.3. The Hall–Kier alpha value is -2.69. The summed E-state index contributed by atoms with van der Waals surface area (Å²) in [7, 11) is 0. The van der Waals surface area contributed by atoms with Crippen molar-refractivity contribution < 1.29 is 9.59 Å². The maximum absolute atomic E-state index is 12.7. The number of aryl methyl sites for hydroxylation is 1. The van der Waals surface area contributed by atoms with Gasteiger partial charge in [-0.25, -0.2) is 0 Å². The molecule has 5 nitrogen and oxygen atoms in total. The number of amides is 2. The van der Waals surface area contributed by atoms with Crippen LogP contribution < -0.4 is 10.2 Å². The van der Waals surface area contributed by atoms with Gasteiger partial charge in [-0.2, -0.15) is 0 Å². The van der Waals surface area contributed by atoms with Crippen molar-refractivity contribution in [3.63, 3.8) is 0 Å². The fourth-order valence-corrected chi connectivity index (χ4v) is 2.71. The molecule has 0 fully saturated rings. The van der Waals surface area contributed by atoms with E-state index in [1.54, 1.807) is 29.4 Å². The zero-order chi connectivity index (χ0) is 15.5. The first-order valence-electron chi connectivity index (χ1n) is 7.27. The number of carbonyl (C=O) groups excluding carboxylic acids is 2. The molecule has 0 spiro atoms. The van der Waals surface area contributed by atoms with Crippen LogP contribution in [0.15, 0.2) is 42.7 Å². The molecule has 0 unspecified atom stereocenters. The van der Waals surface area contributed by atoms with Crippen molar-refractivity contribution in [3.05, 3.63) is 53.9 Å². The van der Waals surface area contributed by atoms with Gasteiger partial charge in [0.25, 0.3) is 5.91 Å². The largest absolute Gasteiger partial charge is 0.326 e. The molecular weight excluding hydrogens is 278 g/mol. The second kappa shape index (κ2) is 5.97. The lowest BCUT2D eigenvalue weighted by Gasteiger charge is -2.30. The summed E-state index contributed by atoms with van der Waals surface area (Å²) in [5.74, 6) is -0.185. The molecule has 5 heteroatoms. The molecule has 0 aliphatic carbocycles. The lowest BCUT2D eigenvalue weighted by Crippen LogP contribution is -2.35. The fourth-order valence-electron chi connectivity index (χ4n) is 2.71. The lowest BCUT2D eigenvalue weighted by molar-refractivity contribution is -0.114. The van der Waals surface area contributed by atoms with E-state index >= 15 is 0 Å². The van der Waals surface area contributed by atoms with Gasteiger partial charge in [-0.1, -0.05) is 6.07 Å². The van der Waals surface area contributed by atoms with Crippen LogP contribution in [0.4, 0.5) is 11.4 Å². The second-order valence-corrected chi connectivity index (χ2v) is 5.33. The van der Waals surface area contributed by atoms with E-state index < -0.39 is 0 Å². The highest BCUT2D eigenvalue weighted by Crippen LogP contribution is 2.31. The molecular formula is C17H17N3O2. The van der Waals surface area contributed by atoms with E-state index in [1.165, 1.54) is 6.92 Å². The molecule has 0 radical (unpaired) electrons. The van der Waals surface area contributed by atoms with Gasteiger partial charge in [0.05, 0.1) is 5.56 Å². The number of hydrogen-bond acceptors (Lipinski definition) is 3. The molecule has 0 saturated heterocycles. The van der Waals surface area contributed by atoms with Gasteiger partial charge in [0.15, 0.2) is 0 Å². The minimum atomic E-state index is -0.124. The highest BCUT2D eigenvalue weighted by molar-refractivity contribution is 6.07. The first-order chi connectivity index (χ1) is 10.6. The van der Waals surface area contributed by atoms with Crippen LogP contribution in [0.5, 0.6) is 0 Å². The minimum Gasteiger partial charge on any atom is -0.326 e. The summed E-state index contributed by atoms with van der Waals surface area (Å²) in [6.45, 7) is 2.14. The Morgan fingerprint density at radius 2 is 2.14 bits per heavy atom. The van der Waals surface area contributed by atoms with E-state index in [0.29, 0.717) is 17.8 Å². The van der Waals surface area contributed by atoms with Crippen molar-refractivity contribution in [2.45, 2.75) is 19.8 Å². The third-order valence-corrected chi connectivity index (χ3v) is 3.68. The van der Waals surface area contributed by atoms with Crippen LogP contribution in [0.25, 0.3) is 0 Å². The number of rotatable bonds is 2. The summed E-state index contributed by atoms with van der Waals surface area (Å²) in [6.07, 6.45) is 5.09. The van der Waals surface area contributed by atoms with Gasteiger partial charge < -0.3 is 10.2 Å². The van der Waals surface area contributed by atoms with Gasteiger partial charge in [-0.3, -0.25) is 14.6 Å². The first-order valence-corrected chi connectivity index (χ1v) is 7.27. The molecule has 2 aromatic rings. The van der Waals surface area contributed by atoms with Crippen molar-refractivity contribution in [1.29, 1.82) is 0 Å². The Morgan fingerprint density at radius 3 is 2.86 bits per heavy atom. The number of pyridine rings is 1. The summed E-state index contributed by atoms with van der Waals surface area (Å²) in [6, 6.07) is 9.23. The topological polar surface area (TPSA) is 62.3 Å². The average Bonchev–Trinajstić information content (AvgIpc) is 2.54. The maximum atomic E-state index is 12.7. The maximum Gasteiger partial charge on any atom is 0.259 e. The van der Waals surface area contributed by atoms with Crippen molar-refractivity contribution in [2.24, 2.45) is 0 Å². The van der Waals surface area contributed by atoms with Crippen LogP contribution in [0, 0.1) is 0 Å². The Kier molecular flexibility index (Phi) is 3.87. The van der Waals surface area contributed by atoms with Crippen molar-refractivity contribution in [2.75, 3.05) is 16.8 Å². The minimum absolute atomic E-state index is 0.0611. The second-order valence-electron chi connectivity index (χ2n) is 5.33. The predicted octanol–water partition coefficient (Wildman–Crippen LogP) is 2.63. The third kappa shape index (κ3) is 2.83. The van der Waals surface area contributed by atoms with Gasteiger partial charge in [-0.05, 0) is 42.7 Å². The number of hydrogen-bond donors (Lipinski definition) is 1. The van der Waals surface area contributed by atoms with Gasteiger partial charge in [-0.15, -0.1) is 0 Å². The molecule has 0 saturated carbocycles. The van der Waals surface area contributed by atoms with Gasteiger partial charge in [0.1, 0.15) is 0 Å². The van der Waals surface area contributed by atoms with Crippen molar-refractivity contribution >= 4 is 23.2 Å². The highest BCUT2D eigenvalue weighted by Gasteiger charge is 2.24. The predicted molar refractivity (Wildman–Crippen MR) is 85.0 cm³/mol. The third-order valence-electron chi connectivity index (χ3n) is 3.68. The Balaban J connectivity index is 1.96. The zero-order valence-corrected chi connectivity index (χ0v) is 12.4. The summed E-state index contributed by atoms with van der Waals surface area (Å²) < 4.78 is 0. The summed E-state index contributed by atoms with van der Waals surface area (Å²) in [5.41, 5.74) is 3.27. The van der Waals surface area contributed by atoms with Gasteiger partial charge in [0.2, 0.25) is 5.91 Å². The monoisotopic (exact) mass is 295 g/mol. The Bertz CT molecular complexity index is 713. The smallest absolute Gasteiger partial charge is 0.259 e. The Morgan fingerprint density at radius 1 is 1.27 bits per heavy atom. The molecule has 2 heterocycles. The standard InChI is InChI=1S/C17H17N3O2/c1-12(21)19-15-7-6-13-5-3-9-20(16(13)10-15)17(22)14-4-2-8-18-11-14/h2,4,6-8,10-11H,3,5,9H2,1H3,(H,19,21). The molecule has 0 atom stereocenters. The molecule has 2 amide bonds. The van der Waals surface area contributed by atoms with E-state index in [-0.39, 0.29) is 11.8 Å². The van der Waals surface area contributed by atoms with E-state index in [2.05, 4.69) is 10.3 Å². The van der Waals surface area contributed by atoms with Crippen LogP contribution in [-0.2, 0) is 11.2 Å². The number of aromatic nitrogens is 1. The molecule has 1 aliphatic heterocycles. The molecule has 0 bridgehead atoms. The number of nitrogens with one attached hydrogen (secondary N) is 1. The van der Waals surface area contributed by atoms with E-state index in [1.807, 2.05) is 18.2 Å². The van der Waals surface area contributed by atoms with Crippen molar-refractivity contribution in [1.82, 2.24) is 4.98 Å². The van der Waals surface area contributed by atoms with E-state index in [4.69, 9.17) is 0 Å². The SMILES string of the molecule is CC(=O)Nc1ccc2c(c1)N(C(=O)c1cccnc1)CCC2.